The fraction of sp³-hybridized carbons (Fsp3) is 0.467. The topological polar surface area (TPSA) is 49.4 Å². The second-order valence-corrected chi connectivity index (χ2v) is 6.24. The second-order valence-electron chi connectivity index (χ2n) is 5.83. The third kappa shape index (κ3) is 2.39. The Labute approximate surface area is 127 Å². The van der Waals surface area contributed by atoms with Gasteiger partial charge in [0.25, 0.3) is 0 Å². The minimum absolute atomic E-state index is 0.00276. The molecule has 2 aliphatic rings. The summed E-state index contributed by atoms with van der Waals surface area (Å²) in [6, 6.07) is 4.46. The molecule has 0 spiro atoms. The van der Waals surface area contributed by atoms with Gasteiger partial charge in [-0.2, -0.15) is 0 Å². The zero-order chi connectivity index (χ0) is 15.2. The van der Waals surface area contributed by atoms with E-state index < -0.39 is 11.4 Å². The lowest BCUT2D eigenvalue weighted by Crippen LogP contribution is -2.66. The van der Waals surface area contributed by atoms with Crippen LogP contribution in [0.4, 0.5) is 4.39 Å². The van der Waals surface area contributed by atoms with Gasteiger partial charge in [0.2, 0.25) is 11.8 Å². The molecule has 1 atom stereocenters. The molecule has 4 nitrogen and oxygen atoms in total. The fourth-order valence-electron chi connectivity index (χ4n) is 2.94. The molecule has 21 heavy (non-hydrogen) atoms. The van der Waals surface area contributed by atoms with Crippen LogP contribution >= 0.6 is 11.6 Å². The molecule has 1 aromatic carbocycles. The van der Waals surface area contributed by atoms with Crippen molar-refractivity contribution in [3.8, 4) is 0 Å². The Kier molecular flexibility index (Phi) is 3.40. The summed E-state index contributed by atoms with van der Waals surface area (Å²) in [5.41, 5.74) is -0.211. The summed E-state index contributed by atoms with van der Waals surface area (Å²) in [6.07, 6.45) is 1.87. The Balaban J connectivity index is 1.91. The Morgan fingerprint density at radius 3 is 2.76 bits per heavy atom. The molecule has 1 N–H and O–H groups in total. The number of nitrogens with one attached hydrogen (secondary N) is 1. The Morgan fingerprint density at radius 1 is 1.43 bits per heavy atom. The normalized spacial score (nSPS) is 26.0. The van der Waals surface area contributed by atoms with Gasteiger partial charge in [0, 0.05) is 6.54 Å². The van der Waals surface area contributed by atoms with Crippen LogP contribution in [0.2, 0.25) is 5.02 Å². The molecule has 1 aromatic rings. The van der Waals surface area contributed by atoms with Crippen molar-refractivity contribution in [2.45, 2.75) is 31.8 Å². The molecule has 1 aliphatic heterocycles. The number of hydrogen-bond acceptors (Lipinski definition) is 2. The molecule has 0 radical (unpaired) electrons. The van der Waals surface area contributed by atoms with Crippen molar-refractivity contribution in [2.75, 3.05) is 6.54 Å². The average molecular weight is 311 g/mol. The highest BCUT2D eigenvalue weighted by Crippen LogP contribution is 2.44. The first-order valence-electron chi connectivity index (χ1n) is 6.95. The maximum Gasteiger partial charge on any atom is 0.246 e. The van der Waals surface area contributed by atoms with Crippen molar-refractivity contribution in [2.24, 2.45) is 5.92 Å². The zero-order valence-corrected chi connectivity index (χ0v) is 12.4. The molecular formula is C15H16ClFN2O2. The van der Waals surface area contributed by atoms with Gasteiger partial charge in [0.05, 0.1) is 11.6 Å². The van der Waals surface area contributed by atoms with Crippen LogP contribution in [-0.2, 0) is 16.1 Å². The number of hydrogen-bond donors (Lipinski definition) is 1. The third-order valence-corrected chi connectivity index (χ3v) is 4.73. The van der Waals surface area contributed by atoms with E-state index in [0.29, 0.717) is 5.56 Å². The van der Waals surface area contributed by atoms with Crippen molar-refractivity contribution >= 4 is 23.4 Å². The lowest BCUT2D eigenvalue weighted by molar-refractivity contribution is -0.155. The number of nitrogens with zero attached hydrogens (tertiary/aromatic N) is 1. The van der Waals surface area contributed by atoms with E-state index in [-0.39, 0.29) is 35.8 Å². The van der Waals surface area contributed by atoms with Crippen LogP contribution in [0, 0.1) is 11.7 Å². The number of carbonyl (C=O) groups excluding carboxylic acids is 2. The van der Waals surface area contributed by atoms with Gasteiger partial charge in [0.15, 0.2) is 0 Å². The summed E-state index contributed by atoms with van der Waals surface area (Å²) in [5, 5.41) is 2.70. The first-order valence-corrected chi connectivity index (χ1v) is 7.33. The SMILES string of the molecule is CC1(C2CC2)C(=O)NCC(=O)N1Cc1ccc(Cl)c(F)c1. The van der Waals surface area contributed by atoms with Crippen molar-refractivity contribution in [3.63, 3.8) is 0 Å². The number of rotatable bonds is 3. The molecule has 1 saturated carbocycles. The van der Waals surface area contributed by atoms with Crippen molar-refractivity contribution in [1.82, 2.24) is 10.2 Å². The second kappa shape index (κ2) is 4.98. The van der Waals surface area contributed by atoms with Gasteiger partial charge in [-0.3, -0.25) is 9.59 Å². The summed E-state index contributed by atoms with van der Waals surface area (Å²) in [6.45, 7) is 2.01. The van der Waals surface area contributed by atoms with Crippen LogP contribution in [0.1, 0.15) is 25.3 Å². The molecule has 112 valence electrons. The highest BCUT2D eigenvalue weighted by Gasteiger charge is 2.54. The van der Waals surface area contributed by atoms with Gasteiger partial charge >= 0.3 is 0 Å². The van der Waals surface area contributed by atoms with Gasteiger partial charge in [-0.25, -0.2) is 4.39 Å². The molecule has 2 fully saturated rings. The van der Waals surface area contributed by atoms with Gasteiger partial charge in [0.1, 0.15) is 11.4 Å². The summed E-state index contributed by atoms with van der Waals surface area (Å²) in [7, 11) is 0. The Hall–Kier alpha value is -1.62. The number of halogens is 2. The fourth-order valence-corrected chi connectivity index (χ4v) is 3.05. The van der Waals surface area contributed by atoms with Crippen molar-refractivity contribution < 1.29 is 14.0 Å². The first-order chi connectivity index (χ1) is 9.92. The van der Waals surface area contributed by atoms with E-state index in [1.165, 1.54) is 12.1 Å². The van der Waals surface area contributed by atoms with Gasteiger partial charge < -0.3 is 10.2 Å². The predicted octanol–water partition coefficient (Wildman–Crippen LogP) is 2.11. The highest BCUT2D eigenvalue weighted by molar-refractivity contribution is 6.30. The van der Waals surface area contributed by atoms with E-state index in [0.717, 1.165) is 12.8 Å². The van der Waals surface area contributed by atoms with E-state index in [1.54, 1.807) is 17.9 Å². The predicted molar refractivity (Wildman–Crippen MR) is 76.1 cm³/mol. The minimum atomic E-state index is -0.842. The van der Waals surface area contributed by atoms with Crippen LogP contribution in [-0.4, -0.2) is 28.8 Å². The Bertz CT molecular complexity index is 618. The van der Waals surface area contributed by atoms with Crippen molar-refractivity contribution in [3.05, 3.63) is 34.6 Å². The number of benzene rings is 1. The zero-order valence-electron chi connectivity index (χ0n) is 11.7. The molecule has 0 bridgehead atoms. The van der Waals surface area contributed by atoms with Crippen LogP contribution in [0.3, 0.4) is 0 Å². The standard InChI is InChI=1S/C15H16ClFN2O2/c1-15(10-3-4-10)14(21)18-7-13(20)19(15)8-9-2-5-11(16)12(17)6-9/h2,5-6,10H,3-4,7-8H2,1H3,(H,18,21). The Morgan fingerprint density at radius 2 is 2.14 bits per heavy atom. The average Bonchev–Trinajstić information content (AvgIpc) is 3.28. The van der Waals surface area contributed by atoms with Crippen LogP contribution in [0.5, 0.6) is 0 Å². The monoisotopic (exact) mass is 310 g/mol. The molecule has 1 saturated heterocycles. The smallest absolute Gasteiger partial charge is 0.246 e. The molecule has 1 unspecified atom stereocenters. The van der Waals surface area contributed by atoms with Crippen molar-refractivity contribution in [1.29, 1.82) is 0 Å². The van der Waals surface area contributed by atoms with Gasteiger partial charge in [-0.1, -0.05) is 17.7 Å². The number of carbonyl (C=O) groups is 2. The first kappa shape index (κ1) is 14.3. The van der Waals surface area contributed by atoms with E-state index >= 15 is 0 Å². The molecule has 3 rings (SSSR count). The summed E-state index contributed by atoms with van der Waals surface area (Å²) in [5.74, 6) is -0.603. The van der Waals surface area contributed by atoms with Crippen LogP contribution in [0.25, 0.3) is 0 Å². The van der Waals surface area contributed by atoms with Crippen LogP contribution in [0.15, 0.2) is 18.2 Å². The lowest BCUT2D eigenvalue weighted by atomic mass is 9.89. The molecule has 1 heterocycles. The van der Waals surface area contributed by atoms with E-state index in [1.807, 2.05) is 0 Å². The highest BCUT2D eigenvalue weighted by atomic mass is 35.5. The summed E-state index contributed by atoms with van der Waals surface area (Å²) in [4.78, 5) is 26.1. The third-order valence-electron chi connectivity index (χ3n) is 4.42. The number of piperazine rings is 1. The molecule has 6 heteroatoms. The maximum atomic E-state index is 13.6. The quantitative estimate of drug-likeness (QED) is 0.929. The number of amides is 2. The minimum Gasteiger partial charge on any atom is -0.345 e. The summed E-state index contributed by atoms with van der Waals surface area (Å²) < 4.78 is 13.6. The molecule has 0 aromatic heterocycles. The van der Waals surface area contributed by atoms with E-state index in [4.69, 9.17) is 11.6 Å². The largest absolute Gasteiger partial charge is 0.345 e. The van der Waals surface area contributed by atoms with E-state index in [9.17, 15) is 14.0 Å². The summed E-state index contributed by atoms with van der Waals surface area (Å²) >= 11 is 5.67. The van der Waals surface area contributed by atoms with Gasteiger partial charge in [-0.05, 0) is 43.4 Å². The maximum absolute atomic E-state index is 13.6. The lowest BCUT2D eigenvalue weighted by Gasteiger charge is -2.44. The van der Waals surface area contributed by atoms with Gasteiger partial charge in [-0.15, -0.1) is 0 Å². The molecular weight excluding hydrogens is 295 g/mol. The molecule has 2 amide bonds. The van der Waals surface area contributed by atoms with E-state index in [2.05, 4.69) is 5.32 Å². The molecule has 1 aliphatic carbocycles. The van der Waals surface area contributed by atoms with Crippen LogP contribution < -0.4 is 5.32 Å².